The highest BCUT2D eigenvalue weighted by molar-refractivity contribution is 9.10. The molecule has 0 unspecified atom stereocenters. The van der Waals surface area contributed by atoms with Crippen LogP contribution >= 0.6 is 27.5 Å². The maximum absolute atomic E-state index is 10.6. The first-order valence-electron chi connectivity index (χ1n) is 4.78. The summed E-state index contributed by atoms with van der Waals surface area (Å²) in [6.45, 7) is 2.07. The molecule has 1 aromatic rings. The molecular weight excluding hydrogens is 289 g/mol. The molecule has 2 nitrogen and oxygen atoms in total. The van der Waals surface area contributed by atoms with Gasteiger partial charge in [-0.1, -0.05) is 23.4 Å². The molecule has 0 saturated carbocycles. The van der Waals surface area contributed by atoms with E-state index in [9.17, 15) is 4.79 Å². The predicted molar refractivity (Wildman–Crippen MR) is 69.3 cm³/mol. The topological polar surface area (TPSA) is 29.1 Å². The quantitative estimate of drug-likeness (QED) is 0.660. The molecule has 0 bridgehead atoms. The highest BCUT2D eigenvalue weighted by Crippen LogP contribution is 2.22. The molecule has 1 amide bonds. The number of amides is 1. The number of benzene rings is 1. The van der Waals surface area contributed by atoms with Gasteiger partial charge in [-0.2, -0.15) is 0 Å². The summed E-state index contributed by atoms with van der Waals surface area (Å²) in [6.07, 6.45) is 0.639. The fraction of sp³-hybridized carbons (Fsp3) is 0.250. The maximum Gasteiger partial charge on any atom is 0.216 e. The van der Waals surface area contributed by atoms with Crippen molar-refractivity contribution in [2.24, 2.45) is 0 Å². The molecule has 4 heteroatoms. The Hall–Kier alpha value is -0.980. The molecule has 0 radical (unpaired) electrons. The Morgan fingerprint density at radius 1 is 1.56 bits per heavy atom. The average Bonchev–Trinajstić information content (AvgIpc) is 2.22. The fourth-order valence-electron chi connectivity index (χ4n) is 1.04. The number of hydrogen-bond acceptors (Lipinski definition) is 1. The summed E-state index contributed by atoms with van der Waals surface area (Å²) in [5, 5.41) is 3.35. The van der Waals surface area contributed by atoms with Crippen LogP contribution in [0.1, 0.15) is 18.9 Å². The molecule has 16 heavy (non-hydrogen) atoms. The third-order valence-corrected chi connectivity index (χ3v) is 2.99. The highest BCUT2D eigenvalue weighted by Gasteiger charge is 1.95. The molecule has 0 aliphatic carbocycles. The Kier molecular flexibility index (Phi) is 5.37. The summed E-state index contributed by atoms with van der Waals surface area (Å²) in [6, 6.07) is 5.52. The summed E-state index contributed by atoms with van der Waals surface area (Å²) in [5.74, 6) is 5.94. The number of rotatable bonds is 2. The lowest BCUT2D eigenvalue weighted by Gasteiger charge is -1.96. The molecule has 1 rings (SSSR count). The van der Waals surface area contributed by atoms with Crippen molar-refractivity contribution in [3.05, 3.63) is 33.3 Å². The third-order valence-electron chi connectivity index (χ3n) is 1.78. The Labute approximate surface area is 109 Å². The second kappa shape index (κ2) is 6.57. The largest absolute Gasteiger partial charge is 0.355 e. The summed E-state index contributed by atoms with van der Waals surface area (Å²) in [4.78, 5) is 10.6. The normalized spacial score (nSPS) is 9.19. The molecule has 0 aromatic heterocycles. The Morgan fingerprint density at radius 2 is 2.31 bits per heavy atom. The zero-order valence-electron chi connectivity index (χ0n) is 8.81. The third kappa shape index (κ3) is 4.69. The van der Waals surface area contributed by atoms with Gasteiger partial charge in [-0.3, -0.25) is 4.79 Å². The molecule has 1 N–H and O–H groups in total. The number of carbonyl (C=O) groups excluding carboxylic acids is 1. The van der Waals surface area contributed by atoms with Gasteiger partial charge in [0.25, 0.3) is 0 Å². The van der Waals surface area contributed by atoms with E-state index in [1.54, 1.807) is 6.07 Å². The lowest BCUT2D eigenvalue weighted by Crippen LogP contribution is -2.20. The van der Waals surface area contributed by atoms with Gasteiger partial charge in [0.2, 0.25) is 5.91 Å². The van der Waals surface area contributed by atoms with E-state index in [0.29, 0.717) is 18.0 Å². The molecule has 0 aliphatic rings. The van der Waals surface area contributed by atoms with Crippen LogP contribution in [0.25, 0.3) is 0 Å². The van der Waals surface area contributed by atoms with Gasteiger partial charge in [-0.25, -0.2) is 0 Å². The predicted octanol–water partition coefficient (Wildman–Crippen LogP) is 2.98. The Bertz CT molecular complexity index is 448. The van der Waals surface area contributed by atoms with Gasteiger partial charge in [0.15, 0.2) is 0 Å². The molecule has 0 aliphatic heterocycles. The second-order valence-corrected chi connectivity index (χ2v) is 4.43. The first-order chi connectivity index (χ1) is 7.59. The van der Waals surface area contributed by atoms with E-state index in [2.05, 4.69) is 33.1 Å². The van der Waals surface area contributed by atoms with Crippen LogP contribution in [-0.4, -0.2) is 12.5 Å². The van der Waals surface area contributed by atoms with Crippen molar-refractivity contribution < 1.29 is 4.79 Å². The second-order valence-electron chi connectivity index (χ2n) is 3.16. The molecule has 0 spiro atoms. The summed E-state index contributed by atoms with van der Waals surface area (Å²) in [7, 11) is 0. The van der Waals surface area contributed by atoms with Gasteiger partial charge < -0.3 is 5.32 Å². The SMILES string of the molecule is CC(=O)NCCC#Cc1ccc(Cl)c(Br)c1. The minimum atomic E-state index is -0.0314. The van der Waals surface area contributed by atoms with E-state index in [0.717, 1.165) is 10.0 Å². The van der Waals surface area contributed by atoms with Gasteiger partial charge in [0.05, 0.1) is 5.02 Å². The van der Waals surface area contributed by atoms with Crippen molar-refractivity contribution in [2.45, 2.75) is 13.3 Å². The van der Waals surface area contributed by atoms with Crippen LogP contribution in [0.3, 0.4) is 0 Å². The van der Waals surface area contributed by atoms with Crippen LogP contribution in [0.2, 0.25) is 5.02 Å². The van der Waals surface area contributed by atoms with Crippen molar-refractivity contribution in [1.29, 1.82) is 0 Å². The summed E-state index contributed by atoms with van der Waals surface area (Å²) in [5.41, 5.74) is 0.902. The molecular formula is C12H11BrClNO. The van der Waals surface area contributed by atoms with Gasteiger partial charge in [-0.15, -0.1) is 0 Å². The first kappa shape index (κ1) is 13.1. The number of nitrogens with one attached hydrogen (secondary N) is 1. The van der Waals surface area contributed by atoms with E-state index >= 15 is 0 Å². The van der Waals surface area contributed by atoms with E-state index in [4.69, 9.17) is 11.6 Å². The number of halogens is 2. The van der Waals surface area contributed by atoms with Crippen LogP contribution < -0.4 is 5.32 Å². The summed E-state index contributed by atoms with van der Waals surface area (Å²) < 4.78 is 0.836. The zero-order chi connectivity index (χ0) is 12.0. The monoisotopic (exact) mass is 299 g/mol. The molecule has 0 fully saturated rings. The minimum absolute atomic E-state index is 0.0314. The van der Waals surface area contributed by atoms with Gasteiger partial charge in [0, 0.05) is 29.9 Å². The van der Waals surface area contributed by atoms with E-state index in [-0.39, 0.29) is 5.91 Å². The van der Waals surface area contributed by atoms with Crippen molar-refractivity contribution in [2.75, 3.05) is 6.54 Å². The molecule has 0 atom stereocenters. The maximum atomic E-state index is 10.6. The van der Waals surface area contributed by atoms with E-state index in [1.165, 1.54) is 6.92 Å². The first-order valence-corrected chi connectivity index (χ1v) is 5.95. The van der Waals surface area contributed by atoms with Crippen LogP contribution in [0.15, 0.2) is 22.7 Å². The smallest absolute Gasteiger partial charge is 0.216 e. The van der Waals surface area contributed by atoms with Crippen molar-refractivity contribution in [3.63, 3.8) is 0 Å². The molecule has 1 aromatic carbocycles. The van der Waals surface area contributed by atoms with E-state index in [1.807, 2.05) is 12.1 Å². The summed E-state index contributed by atoms with van der Waals surface area (Å²) >= 11 is 9.19. The molecule has 0 heterocycles. The van der Waals surface area contributed by atoms with Crippen LogP contribution in [0, 0.1) is 11.8 Å². The van der Waals surface area contributed by atoms with Gasteiger partial charge >= 0.3 is 0 Å². The lowest BCUT2D eigenvalue weighted by molar-refractivity contribution is -0.118. The fourth-order valence-corrected chi connectivity index (χ4v) is 1.54. The van der Waals surface area contributed by atoms with Crippen LogP contribution in [-0.2, 0) is 4.79 Å². The lowest BCUT2D eigenvalue weighted by atomic mass is 10.2. The highest BCUT2D eigenvalue weighted by atomic mass is 79.9. The Balaban J connectivity index is 2.50. The Morgan fingerprint density at radius 3 is 2.94 bits per heavy atom. The van der Waals surface area contributed by atoms with Gasteiger partial charge in [0.1, 0.15) is 0 Å². The molecule has 84 valence electrons. The zero-order valence-corrected chi connectivity index (χ0v) is 11.2. The minimum Gasteiger partial charge on any atom is -0.355 e. The standard InChI is InChI=1S/C12H11BrClNO/c1-9(16)15-7-3-2-4-10-5-6-12(14)11(13)8-10/h5-6,8H,3,7H2,1H3,(H,15,16). The van der Waals surface area contributed by atoms with Crippen molar-refractivity contribution >= 4 is 33.4 Å². The van der Waals surface area contributed by atoms with Gasteiger partial charge in [-0.05, 0) is 34.1 Å². The van der Waals surface area contributed by atoms with Crippen molar-refractivity contribution in [3.8, 4) is 11.8 Å². The average molecular weight is 301 g/mol. The van der Waals surface area contributed by atoms with E-state index < -0.39 is 0 Å². The number of carbonyl (C=O) groups is 1. The van der Waals surface area contributed by atoms with Crippen LogP contribution in [0.4, 0.5) is 0 Å². The molecule has 0 saturated heterocycles. The van der Waals surface area contributed by atoms with Crippen molar-refractivity contribution in [1.82, 2.24) is 5.32 Å². The van der Waals surface area contributed by atoms with Crippen LogP contribution in [0.5, 0.6) is 0 Å². The number of hydrogen-bond donors (Lipinski definition) is 1.